The third-order valence-electron chi connectivity index (χ3n) is 4.85. The molecule has 0 spiro atoms. The first kappa shape index (κ1) is 24.3. The molecule has 1 amide bonds. The first-order valence-corrected chi connectivity index (χ1v) is 12.0. The lowest BCUT2D eigenvalue weighted by atomic mass is 9.96. The van der Waals surface area contributed by atoms with E-state index in [0.29, 0.717) is 12.3 Å². The largest absolute Gasteiger partial charge is 0.347 e. The van der Waals surface area contributed by atoms with Gasteiger partial charge in [-0.2, -0.15) is 0 Å². The highest BCUT2D eigenvalue weighted by atomic mass is 32.2. The Morgan fingerprint density at radius 3 is 2.29 bits per heavy atom. The summed E-state index contributed by atoms with van der Waals surface area (Å²) in [4.78, 5) is 23.8. The molecule has 0 heterocycles. The Morgan fingerprint density at radius 1 is 1.13 bits per heavy atom. The van der Waals surface area contributed by atoms with Gasteiger partial charge in [0.2, 0.25) is 15.9 Å². The number of amides is 1. The molecule has 2 aromatic carbocycles. The van der Waals surface area contributed by atoms with Crippen LogP contribution in [-0.2, 0) is 14.8 Å². The van der Waals surface area contributed by atoms with Crippen LogP contribution in [0.15, 0.2) is 54.6 Å². The molecule has 8 nitrogen and oxygen atoms in total. The predicted octanol–water partition coefficient (Wildman–Crippen LogP) is 4.04. The smallest absolute Gasteiger partial charge is 0.271 e. The standard InChI is InChI=1S/C22H29N3O5S/c1-5-21(22(26)23-20(14-16(2)3)17-10-7-6-8-11-17)24(31(4,29)30)18-12-9-13-19(15-18)25(27)28/h6-13,15-16,20-21H,5,14H2,1-4H3,(H,23,26)/t20-,21+/m0/s1. The maximum Gasteiger partial charge on any atom is 0.271 e. The van der Waals surface area contributed by atoms with Crippen molar-refractivity contribution in [3.63, 3.8) is 0 Å². The number of nitrogens with one attached hydrogen (secondary N) is 1. The van der Waals surface area contributed by atoms with E-state index < -0.39 is 26.9 Å². The SMILES string of the molecule is CC[C@H](C(=O)N[C@@H](CC(C)C)c1ccccc1)N(c1cccc([N+](=O)[O-])c1)S(C)(=O)=O. The molecule has 0 saturated heterocycles. The van der Waals surface area contributed by atoms with Crippen molar-refractivity contribution < 1.29 is 18.1 Å². The van der Waals surface area contributed by atoms with Crippen LogP contribution < -0.4 is 9.62 Å². The van der Waals surface area contributed by atoms with Crippen LogP contribution in [0.5, 0.6) is 0 Å². The fraction of sp³-hybridized carbons (Fsp3) is 0.409. The average molecular weight is 448 g/mol. The lowest BCUT2D eigenvalue weighted by Crippen LogP contribution is -2.50. The van der Waals surface area contributed by atoms with Crippen LogP contribution in [-0.4, -0.2) is 31.5 Å². The molecule has 31 heavy (non-hydrogen) atoms. The molecule has 2 rings (SSSR count). The summed E-state index contributed by atoms with van der Waals surface area (Å²) < 4.78 is 26.2. The molecule has 0 unspecified atom stereocenters. The van der Waals surface area contributed by atoms with Gasteiger partial charge in [0.1, 0.15) is 6.04 Å². The summed E-state index contributed by atoms with van der Waals surface area (Å²) in [6.45, 7) is 5.80. The molecule has 2 atom stereocenters. The van der Waals surface area contributed by atoms with Crippen molar-refractivity contribution in [2.45, 2.75) is 45.7 Å². The van der Waals surface area contributed by atoms with Gasteiger partial charge in [-0.15, -0.1) is 0 Å². The van der Waals surface area contributed by atoms with Crippen molar-refractivity contribution in [1.82, 2.24) is 5.32 Å². The van der Waals surface area contributed by atoms with Crippen LogP contribution in [0.25, 0.3) is 0 Å². The van der Waals surface area contributed by atoms with E-state index >= 15 is 0 Å². The van der Waals surface area contributed by atoms with E-state index in [0.717, 1.165) is 16.1 Å². The zero-order valence-corrected chi connectivity index (χ0v) is 19.0. The van der Waals surface area contributed by atoms with Crippen molar-refractivity contribution >= 4 is 27.3 Å². The normalized spacial score (nSPS) is 13.5. The van der Waals surface area contributed by atoms with Crippen molar-refractivity contribution in [3.05, 3.63) is 70.3 Å². The summed E-state index contributed by atoms with van der Waals surface area (Å²) in [5, 5.41) is 14.2. The number of hydrogen-bond acceptors (Lipinski definition) is 5. The van der Waals surface area contributed by atoms with Crippen LogP contribution in [0.2, 0.25) is 0 Å². The van der Waals surface area contributed by atoms with Crippen molar-refractivity contribution in [1.29, 1.82) is 0 Å². The highest BCUT2D eigenvalue weighted by Gasteiger charge is 2.33. The number of hydrogen-bond donors (Lipinski definition) is 1. The Balaban J connectivity index is 2.42. The Morgan fingerprint density at radius 2 is 1.77 bits per heavy atom. The zero-order chi connectivity index (χ0) is 23.2. The summed E-state index contributed by atoms with van der Waals surface area (Å²) in [5.41, 5.74) is 0.767. The Kier molecular flexibility index (Phi) is 8.15. The number of nitro groups is 1. The predicted molar refractivity (Wildman–Crippen MR) is 121 cm³/mol. The van der Waals surface area contributed by atoms with E-state index in [1.54, 1.807) is 6.92 Å². The van der Waals surface area contributed by atoms with Gasteiger partial charge >= 0.3 is 0 Å². The number of sulfonamides is 1. The van der Waals surface area contributed by atoms with Gasteiger partial charge in [0.15, 0.2) is 0 Å². The summed E-state index contributed by atoms with van der Waals surface area (Å²) in [5.74, 6) is -0.151. The molecule has 0 radical (unpaired) electrons. The second-order valence-electron chi connectivity index (χ2n) is 7.86. The first-order valence-electron chi connectivity index (χ1n) is 10.1. The summed E-state index contributed by atoms with van der Waals surface area (Å²) in [7, 11) is -3.89. The maximum atomic E-state index is 13.3. The topological polar surface area (TPSA) is 110 Å². The van der Waals surface area contributed by atoms with Gasteiger partial charge in [-0.25, -0.2) is 8.42 Å². The van der Waals surface area contributed by atoms with E-state index in [4.69, 9.17) is 0 Å². The second kappa shape index (κ2) is 10.4. The molecule has 0 aliphatic heterocycles. The molecule has 0 aliphatic rings. The molecule has 0 bridgehead atoms. The number of rotatable bonds is 10. The number of benzene rings is 2. The lowest BCUT2D eigenvalue weighted by molar-refractivity contribution is -0.384. The maximum absolute atomic E-state index is 13.3. The fourth-order valence-electron chi connectivity index (χ4n) is 3.51. The molecule has 2 aromatic rings. The molecule has 9 heteroatoms. The van der Waals surface area contributed by atoms with E-state index in [2.05, 4.69) is 5.32 Å². The highest BCUT2D eigenvalue weighted by Crippen LogP contribution is 2.28. The van der Waals surface area contributed by atoms with Gasteiger partial charge < -0.3 is 5.32 Å². The molecule has 1 N–H and O–H groups in total. The Hall–Kier alpha value is -2.94. The van der Waals surface area contributed by atoms with Crippen molar-refractivity contribution in [3.8, 4) is 0 Å². The van der Waals surface area contributed by atoms with Crippen LogP contribution in [0, 0.1) is 16.0 Å². The van der Waals surface area contributed by atoms with Crippen LogP contribution in [0.1, 0.15) is 45.2 Å². The van der Waals surface area contributed by atoms with E-state index in [9.17, 15) is 23.3 Å². The quantitative estimate of drug-likeness (QED) is 0.437. The van der Waals surface area contributed by atoms with Crippen molar-refractivity contribution in [2.24, 2.45) is 5.92 Å². The number of nitro benzene ring substituents is 1. The number of nitrogens with zero attached hydrogens (tertiary/aromatic N) is 2. The number of non-ortho nitro benzene ring substituents is 1. The minimum Gasteiger partial charge on any atom is -0.347 e. The zero-order valence-electron chi connectivity index (χ0n) is 18.2. The third-order valence-corrected chi connectivity index (χ3v) is 6.03. The van der Waals surface area contributed by atoms with Gasteiger partial charge in [-0.05, 0) is 30.4 Å². The number of carbonyl (C=O) groups is 1. The molecule has 0 fully saturated rings. The van der Waals surface area contributed by atoms with Gasteiger partial charge in [0.25, 0.3) is 5.69 Å². The molecular formula is C22H29N3O5S. The molecule has 0 aliphatic carbocycles. The van der Waals surface area contributed by atoms with E-state index in [1.807, 2.05) is 44.2 Å². The van der Waals surface area contributed by atoms with Gasteiger partial charge in [-0.3, -0.25) is 19.2 Å². The molecule has 0 aromatic heterocycles. The lowest BCUT2D eigenvalue weighted by Gasteiger charge is -2.32. The van der Waals surface area contributed by atoms with Crippen molar-refractivity contribution in [2.75, 3.05) is 10.6 Å². The van der Waals surface area contributed by atoms with Gasteiger partial charge in [-0.1, -0.05) is 57.2 Å². The second-order valence-corrected chi connectivity index (χ2v) is 9.72. The summed E-state index contributed by atoms with van der Waals surface area (Å²) >= 11 is 0. The molecular weight excluding hydrogens is 418 g/mol. The average Bonchev–Trinajstić information content (AvgIpc) is 2.70. The minimum atomic E-state index is -3.89. The summed E-state index contributed by atoms with van der Waals surface area (Å²) in [6, 6.07) is 13.5. The first-order chi connectivity index (χ1) is 14.5. The van der Waals surface area contributed by atoms with E-state index in [-0.39, 0.29) is 23.8 Å². The number of carbonyl (C=O) groups excluding carboxylic acids is 1. The van der Waals surface area contributed by atoms with Gasteiger partial charge in [0, 0.05) is 12.1 Å². The van der Waals surface area contributed by atoms with Gasteiger partial charge in [0.05, 0.1) is 22.9 Å². The van der Waals surface area contributed by atoms with E-state index in [1.165, 1.54) is 24.3 Å². The Labute approximate surface area is 183 Å². The van der Waals surface area contributed by atoms with Crippen LogP contribution in [0.3, 0.4) is 0 Å². The fourth-order valence-corrected chi connectivity index (χ4v) is 4.71. The van der Waals surface area contributed by atoms with Crippen LogP contribution in [0.4, 0.5) is 11.4 Å². The highest BCUT2D eigenvalue weighted by molar-refractivity contribution is 7.92. The monoisotopic (exact) mass is 447 g/mol. The summed E-state index contributed by atoms with van der Waals surface area (Å²) in [6.07, 6.45) is 1.87. The van der Waals surface area contributed by atoms with Crippen LogP contribution >= 0.6 is 0 Å². The third kappa shape index (κ3) is 6.52. The Bertz CT molecular complexity index is 1010. The molecule has 168 valence electrons. The minimum absolute atomic E-state index is 0.0822. The molecule has 0 saturated carbocycles. The number of anilines is 1.